The molecular formula is C18H23N5O3. The Labute approximate surface area is 151 Å². The Balaban J connectivity index is 1.64. The average Bonchev–Trinajstić information content (AvgIpc) is 3.03. The average molecular weight is 357 g/mol. The van der Waals surface area contributed by atoms with Gasteiger partial charge >= 0.3 is 0 Å². The van der Waals surface area contributed by atoms with Gasteiger partial charge in [-0.25, -0.2) is 9.50 Å². The van der Waals surface area contributed by atoms with Gasteiger partial charge in [-0.1, -0.05) is 0 Å². The lowest BCUT2D eigenvalue weighted by molar-refractivity contribution is -0.147. The molecule has 0 aliphatic carbocycles. The van der Waals surface area contributed by atoms with Crippen molar-refractivity contribution < 1.29 is 14.7 Å². The summed E-state index contributed by atoms with van der Waals surface area (Å²) in [7, 11) is 0. The Kier molecular flexibility index (Phi) is 3.95. The molecule has 4 heterocycles. The van der Waals surface area contributed by atoms with Gasteiger partial charge in [0.05, 0.1) is 11.5 Å². The summed E-state index contributed by atoms with van der Waals surface area (Å²) in [6, 6.07) is 3.59. The maximum atomic E-state index is 13.0. The molecule has 2 atom stereocenters. The Morgan fingerprint density at radius 2 is 2.19 bits per heavy atom. The van der Waals surface area contributed by atoms with E-state index in [-0.39, 0.29) is 18.4 Å². The molecule has 2 fully saturated rings. The molecule has 2 N–H and O–H groups in total. The van der Waals surface area contributed by atoms with Crippen LogP contribution < -0.4 is 5.32 Å². The molecule has 8 nitrogen and oxygen atoms in total. The standard InChI is InChI=1S/C18H23N5O3/c1-11-8-12(2)23-15(20-11)9-13(21-23)16(25)22-7-4-14(24)18(10-22)5-3-6-19-17(18)26/h8-9,14,24H,3-7,10H2,1-2H3,(H,19,26)/t14-,18+/m0/s1. The minimum Gasteiger partial charge on any atom is -0.392 e. The van der Waals surface area contributed by atoms with Crippen LogP contribution in [0.2, 0.25) is 0 Å². The first-order valence-corrected chi connectivity index (χ1v) is 9.00. The van der Waals surface area contributed by atoms with Crippen molar-refractivity contribution in [3.05, 3.63) is 29.2 Å². The van der Waals surface area contributed by atoms with Crippen LogP contribution >= 0.6 is 0 Å². The lowest BCUT2D eigenvalue weighted by atomic mass is 9.71. The zero-order chi connectivity index (χ0) is 18.5. The number of fused-ring (bicyclic) bond motifs is 1. The summed E-state index contributed by atoms with van der Waals surface area (Å²) < 4.78 is 1.65. The van der Waals surface area contributed by atoms with E-state index < -0.39 is 11.5 Å². The van der Waals surface area contributed by atoms with Crippen molar-refractivity contribution in [1.82, 2.24) is 24.8 Å². The number of piperidine rings is 2. The van der Waals surface area contributed by atoms with Crippen molar-refractivity contribution >= 4 is 17.5 Å². The fourth-order valence-electron chi connectivity index (χ4n) is 4.17. The molecule has 0 bridgehead atoms. The molecule has 1 spiro atoms. The number of hydrogen-bond donors (Lipinski definition) is 2. The summed E-state index contributed by atoms with van der Waals surface area (Å²) in [6.45, 7) is 5.07. The lowest BCUT2D eigenvalue weighted by Crippen LogP contribution is -2.62. The van der Waals surface area contributed by atoms with Crippen molar-refractivity contribution in [2.75, 3.05) is 19.6 Å². The van der Waals surface area contributed by atoms with Crippen LogP contribution in [-0.4, -0.2) is 62.2 Å². The first-order valence-electron chi connectivity index (χ1n) is 9.00. The third kappa shape index (κ3) is 2.56. The third-order valence-corrected chi connectivity index (χ3v) is 5.56. The van der Waals surface area contributed by atoms with E-state index >= 15 is 0 Å². The van der Waals surface area contributed by atoms with Gasteiger partial charge < -0.3 is 15.3 Å². The van der Waals surface area contributed by atoms with Gasteiger partial charge in [0.25, 0.3) is 5.91 Å². The quantitative estimate of drug-likeness (QED) is 0.772. The molecular weight excluding hydrogens is 334 g/mol. The summed E-state index contributed by atoms with van der Waals surface area (Å²) in [5, 5.41) is 17.7. The molecule has 0 aromatic carbocycles. The van der Waals surface area contributed by atoms with Crippen molar-refractivity contribution in [2.24, 2.45) is 5.41 Å². The predicted octanol–water partition coefficient (Wildman–Crippen LogP) is 0.449. The molecule has 2 aliphatic heterocycles. The number of aromatic nitrogens is 3. The number of nitrogens with one attached hydrogen (secondary N) is 1. The molecule has 26 heavy (non-hydrogen) atoms. The van der Waals surface area contributed by atoms with Gasteiger partial charge in [-0.05, 0) is 39.2 Å². The maximum absolute atomic E-state index is 13.0. The number of aliphatic hydroxyl groups is 1. The van der Waals surface area contributed by atoms with Gasteiger partial charge in [-0.2, -0.15) is 5.10 Å². The van der Waals surface area contributed by atoms with E-state index in [1.54, 1.807) is 15.5 Å². The molecule has 2 amide bonds. The van der Waals surface area contributed by atoms with Gasteiger partial charge in [0, 0.05) is 37.1 Å². The highest BCUT2D eigenvalue weighted by Gasteiger charge is 2.50. The van der Waals surface area contributed by atoms with Crippen LogP contribution in [0.5, 0.6) is 0 Å². The largest absolute Gasteiger partial charge is 0.392 e. The highest BCUT2D eigenvalue weighted by atomic mass is 16.3. The molecule has 2 aromatic rings. The molecule has 138 valence electrons. The number of carbonyl (C=O) groups is 2. The predicted molar refractivity (Wildman–Crippen MR) is 93.7 cm³/mol. The summed E-state index contributed by atoms with van der Waals surface area (Å²) in [5.74, 6) is -0.380. The number of rotatable bonds is 1. The van der Waals surface area contributed by atoms with Crippen LogP contribution in [0.25, 0.3) is 5.65 Å². The normalized spacial score (nSPS) is 26.3. The topological polar surface area (TPSA) is 99.8 Å². The molecule has 0 saturated carbocycles. The van der Waals surface area contributed by atoms with Crippen molar-refractivity contribution in [1.29, 1.82) is 0 Å². The van der Waals surface area contributed by atoms with E-state index in [9.17, 15) is 14.7 Å². The number of nitrogens with zero attached hydrogens (tertiary/aromatic N) is 4. The van der Waals surface area contributed by atoms with E-state index in [1.165, 1.54) is 0 Å². The minimum atomic E-state index is -0.907. The van der Waals surface area contributed by atoms with E-state index in [0.717, 1.165) is 17.8 Å². The fraction of sp³-hybridized carbons (Fsp3) is 0.556. The smallest absolute Gasteiger partial charge is 0.274 e. The Morgan fingerprint density at radius 1 is 1.38 bits per heavy atom. The molecule has 8 heteroatoms. The molecule has 0 unspecified atom stereocenters. The Bertz CT molecular complexity index is 892. The number of aryl methyl sites for hydroxylation is 2. The van der Waals surface area contributed by atoms with Gasteiger partial charge in [-0.15, -0.1) is 0 Å². The summed E-state index contributed by atoms with van der Waals surface area (Å²) in [4.78, 5) is 31.5. The van der Waals surface area contributed by atoms with E-state index in [0.29, 0.717) is 37.3 Å². The maximum Gasteiger partial charge on any atom is 0.274 e. The second kappa shape index (κ2) is 6.05. The van der Waals surface area contributed by atoms with E-state index in [2.05, 4.69) is 15.4 Å². The number of aliphatic hydroxyl groups excluding tert-OH is 1. The van der Waals surface area contributed by atoms with E-state index in [4.69, 9.17) is 0 Å². The SMILES string of the molecule is Cc1cc(C)n2nc(C(=O)N3CC[C@H](O)[C@@]4(CCCNC4=O)C3)cc2n1. The van der Waals surface area contributed by atoms with Gasteiger partial charge in [0.2, 0.25) is 5.91 Å². The highest BCUT2D eigenvalue weighted by Crippen LogP contribution is 2.37. The second-order valence-electron chi connectivity index (χ2n) is 7.39. The molecule has 2 aromatic heterocycles. The highest BCUT2D eigenvalue weighted by molar-refractivity contribution is 5.94. The Morgan fingerprint density at radius 3 is 2.96 bits per heavy atom. The van der Waals surface area contributed by atoms with Gasteiger partial charge in [0.15, 0.2) is 11.3 Å². The van der Waals surface area contributed by atoms with Crippen LogP contribution in [-0.2, 0) is 4.79 Å². The number of amides is 2. The number of hydrogen-bond acceptors (Lipinski definition) is 5. The monoisotopic (exact) mass is 357 g/mol. The first-order chi connectivity index (χ1) is 12.4. The minimum absolute atomic E-state index is 0.156. The molecule has 2 saturated heterocycles. The van der Waals surface area contributed by atoms with Crippen LogP contribution in [0.3, 0.4) is 0 Å². The van der Waals surface area contributed by atoms with Crippen molar-refractivity contribution in [2.45, 2.75) is 39.2 Å². The molecule has 2 aliphatic rings. The lowest BCUT2D eigenvalue weighted by Gasteiger charge is -2.46. The zero-order valence-electron chi connectivity index (χ0n) is 15.0. The second-order valence-corrected chi connectivity index (χ2v) is 7.39. The first kappa shape index (κ1) is 17.0. The van der Waals surface area contributed by atoms with Crippen LogP contribution in [0.4, 0.5) is 0 Å². The van der Waals surface area contributed by atoms with Crippen LogP contribution in [0.15, 0.2) is 12.1 Å². The summed E-state index contributed by atoms with van der Waals surface area (Å²) >= 11 is 0. The summed E-state index contributed by atoms with van der Waals surface area (Å²) in [5.41, 5.74) is 1.81. The molecule has 0 radical (unpaired) electrons. The van der Waals surface area contributed by atoms with Crippen molar-refractivity contribution in [3.63, 3.8) is 0 Å². The van der Waals surface area contributed by atoms with Gasteiger partial charge in [-0.3, -0.25) is 9.59 Å². The third-order valence-electron chi connectivity index (χ3n) is 5.56. The summed E-state index contributed by atoms with van der Waals surface area (Å²) in [6.07, 6.45) is 1.07. The van der Waals surface area contributed by atoms with E-state index in [1.807, 2.05) is 19.9 Å². The van der Waals surface area contributed by atoms with Gasteiger partial charge in [0.1, 0.15) is 0 Å². The Hall–Kier alpha value is -2.48. The zero-order valence-corrected chi connectivity index (χ0v) is 15.0. The number of likely N-dealkylation sites (tertiary alicyclic amines) is 1. The van der Waals surface area contributed by atoms with Crippen LogP contribution in [0.1, 0.15) is 41.1 Å². The van der Waals surface area contributed by atoms with Crippen LogP contribution in [0, 0.1) is 19.3 Å². The number of carbonyl (C=O) groups excluding carboxylic acids is 2. The molecule has 4 rings (SSSR count). The fourth-order valence-corrected chi connectivity index (χ4v) is 4.17. The van der Waals surface area contributed by atoms with Crippen molar-refractivity contribution in [3.8, 4) is 0 Å².